The molecule has 3 nitrogen and oxygen atoms in total. The predicted octanol–water partition coefficient (Wildman–Crippen LogP) is 2.90. The number of hydrogen-bond donors (Lipinski definition) is 1. The summed E-state index contributed by atoms with van der Waals surface area (Å²) in [6.45, 7) is 7.07. The third-order valence-corrected chi connectivity index (χ3v) is 3.85. The Labute approximate surface area is 118 Å². The van der Waals surface area contributed by atoms with Gasteiger partial charge in [0.1, 0.15) is 5.58 Å². The van der Waals surface area contributed by atoms with Crippen molar-refractivity contribution in [3.63, 3.8) is 0 Å². The summed E-state index contributed by atoms with van der Waals surface area (Å²) in [6, 6.07) is 5.51. The molecular weight excluding hydrogens is 262 g/mol. The molecule has 0 saturated carbocycles. The summed E-state index contributed by atoms with van der Waals surface area (Å²) >= 11 is 6.17. The van der Waals surface area contributed by atoms with Gasteiger partial charge in [0.05, 0.1) is 17.5 Å². The first-order chi connectivity index (χ1) is 8.71. The van der Waals surface area contributed by atoms with Gasteiger partial charge < -0.3 is 14.2 Å². The second kappa shape index (κ2) is 4.86. The summed E-state index contributed by atoms with van der Waals surface area (Å²) in [5.74, 6) is 0. The highest BCUT2D eigenvalue weighted by Gasteiger charge is 2.35. The van der Waals surface area contributed by atoms with Crippen LogP contribution in [0.2, 0.25) is 5.02 Å². The molecule has 0 aliphatic carbocycles. The van der Waals surface area contributed by atoms with Crippen molar-refractivity contribution in [2.75, 3.05) is 0 Å². The normalized spacial score (nSPS) is 12.9. The van der Waals surface area contributed by atoms with E-state index >= 15 is 0 Å². The number of furan rings is 1. The van der Waals surface area contributed by atoms with Crippen molar-refractivity contribution in [3.05, 3.63) is 29.5 Å². The van der Waals surface area contributed by atoms with E-state index in [1.165, 1.54) is 0 Å². The van der Waals surface area contributed by atoms with E-state index in [4.69, 9.17) is 20.7 Å². The lowest BCUT2D eigenvalue weighted by Crippen LogP contribution is -2.49. The third-order valence-electron chi connectivity index (χ3n) is 3.53. The van der Waals surface area contributed by atoms with Crippen LogP contribution in [0.3, 0.4) is 0 Å². The number of benzene rings is 1. The molecule has 0 bridgehead atoms. The molecular formula is C14H17BClO3. The van der Waals surface area contributed by atoms with Crippen LogP contribution >= 0.6 is 11.6 Å². The quantitative estimate of drug-likeness (QED) is 0.875. The molecule has 1 N–H and O–H groups in total. The first kappa shape index (κ1) is 14.4. The molecule has 0 aliphatic rings. The number of hydrogen-bond acceptors (Lipinski definition) is 3. The van der Waals surface area contributed by atoms with E-state index in [-0.39, 0.29) is 0 Å². The van der Waals surface area contributed by atoms with E-state index in [1.807, 2.05) is 26.0 Å². The highest BCUT2D eigenvalue weighted by molar-refractivity contribution is 6.54. The van der Waals surface area contributed by atoms with Crippen LogP contribution in [0.4, 0.5) is 0 Å². The van der Waals surface area contributed by atoms with Crippen LogP contribution in [0.5, 0.6) is 0 Å². The number of aliphatic hydroxyl groups is 1. The van der Waals surface area contributed by atoms with Crippen LogP contribution < -0.4 is 5.46 Å². The predicted molar refractivity (Wildman–Crippen MR) is 78.1 cm³/mol. The van der Waals surface area contributed by atoms with Crippen molar-refractivity contribution in [1.82, 2.24) is 0 Å². The highest BCUT2D eigenvalue weighted by atomic mass is 35.5. The molecule has 1 aromatic carbocycles. The van der Waals surface area contributed by atoms with E-state index < -0.39 is 11.2 Å². The average molecular weight is 280 g/mol. The Morgan fingerprint density at radius 2 is 1.95 bits per heavy atom. The van der Waals surface area contributed by atoms with Crippen molar-refractivity contribution in [1.29, 1.82) is 0 Å². The minimum absolute atomic E-state index is 0.550. The Bertz CT molecular complexity index is 584. The molecule has 1 heterocycles. The van der Waals surface area contributed by atoms with Gasteiger partial charge in [0, 0.05) is 10.4 Å². The first-order valence-corrected chi connectivity index (χ1v) is 6.49. The van der Waals surface area contributed by atoms with E-state index in [2.05, 4.69) is 0 Å². The SMILES string of the molecule is CC(C)(O)C(C)(C)O[B]c1cc2ccoc2cc1Cl. The van der Waals surface area contributed by atoms with Crippen LogP contribution in [0.25, 0.3) is 11.0 Å². The second-order valence-corrected chi connectivity index (χ2v) is 6.04. The standard InChI is InChI=1S/C14H17BClO3/c1-13(2,17)14(3,4)19-15-10-7-9-5-6-18-12(9)8-11(10)16/h5-8,17H,1-4H3. The molecule has 0 amide bonds. The van der Waals surface area contributed by atoms with Crippen LogP contribution in [-0.4, -0.2) is 23.8 Å². The number of rotatable bonds is 4. The fraction of sp³-hybridized carbons (Fsp3) is 0.429. The molecule has 0 spiro atoms. The van der Waals surface area contributed by atoms with Crippen molar-refractivity contribution >= 4 is 35.5 Å². The van der Waals surface area contributed by atoms with Gasteiger partial charge in [-0.2, -0.15) is 0 Å². The molecule has 0 fully saturated rings. The van der Waals surface area contributed by atoms with Crippen LogP contribution in [0, 0.1) is 0 Å². The van der Waals surface area contributed by atoms with Crippen LogP contribution in [0.15, 0.2) is 28.9 Å². The second-order valence-electron chi connectivity index (χ2n) is 5.64. The van der Waals surface area contributed by atoms with Gasteiger partial charge in [0.2, 0.25) is 0 Å². The first-order valence-electron chi connectivity index (χ1n) is 6.11. The van der Waals surface area contributed by atoms with Crippen LogP contribution in [-0.2, 0) is 4.65 Å². The lowest BCUT2D eigenvalue weighted by Gasteiger charge is -2.37. The van der Waals surface area contributed by atoms with Gasteiger partial charge >= 0.3 is 7.48 Å². The Morgan fingerprint density at radius 1 is 1.26 bits per heavy atom. The minimum atomic E-state index is -0.963. The van der Waals surface area contributed by atoms with Gasteiger partial charge in [0.15, 0.2) is 0 Å². The molecule has 1 aromatic heterocycles. The summed E-state index contributed by atoms with van der Waals surface area (Å²) < 4.78 is 11.0. The summed E-state index contributed by atoms with van der Waals surface area (Å²) in [5.41, 5.74) is -0.186. The lowest BCUT2D eigenvalue weighted by atomic mass is 9.82. The molecule has 2 rings (SSSR count). The van der Waals surface area contributed by atoms with E-state index in [0.29, 0.717) is 5.02 Å². The smallest absolute Gasteiger partial charge is 0.332 e. The molecule has 1 radical (unpaired) electrons. The Morgan fingerprint density at radius 3 is 2.58 bits per heavy atom. The van der Waals surface area contributed by atoms with Gasteiger partial charge in [-0.3, -0.25) is 0 Å². The third kappa shape index (κ3) is 2.97. The van der Waals surface area contributed by atoms with E-state index in [9.17, 15) is 5.11 Å². The summed E-state index contributed by atoms with van der Waals surface area (Å²) in [6.07, 6.45) is 1.62. The molecule has 19 heavy (non-hydrogen) atoms. The van der Waals surface area contributed by atoms with Crippen molar-refractivity contribution in [2.45, 2.75) is 38.9 Å². The fourth-order valence-corrected chi connectivity index (χ4v) is 1.65. The van der Waals surface area contributed by atoms with Gasteiger partial charge in [-0.15, -0.1) is 0 Å². The summed E-state index contributed by atoms with van der Waals surface area (Å²) in [5, 5.41) is 11.5. The average Bonchev–Trinajstić information content (AvgIpc) is 2.71. The van der Waals surface area contributed by atoms with Gasteiger partial charge in [-0.1, -0.05) is 17.7 Å². The summed E-state index contributed by atoms with van der Waals surface area (Å²) in [7, 11) is 1.58. The fourth-order valence-electron chi connectivity index (χ4n) is 1.45. The monoisotopic (exact) mass is 279 g/mol. The van der Waals surface area contributed by atoms with Crippen molar-refractivity contribution < 1.29 is 14.2 Å². The zero-order valence-corrected chi connectivity index (χ0v) is 12.3. The van der Waals surface area contributed by atoms with Crippen molar-refractivity contribution in [2.24, 2.45) is 0 Å². The summed E-state index contributed by atoms with van der Waals surface area (Å²) in [4.78, 5) is 0. The van der Waals surface area contributed by atoms with Crippen molar-refractivity contribution in [3.8, 4) is 0 Å². The van der Waals surface area contributed by atoms with Gasteiger partial charge in [0.25, 0.3) is 0 Å². The van der Waals surface area contributed by atoms with Crippen LogP contribution in [0.1, 0.15) is 27.7 Å². The maximum Gasteiger partial charge on any atom is 0.332 e. The number of fused-ring (bicyclic) bond motifs is 1. The molecule has 0 aliphatic heterocycles. The Balaban J connectivity index is 2.20. The molecule has 0 atom stereocenters. The highest BCUT2D eigenvalue weighted by Crippen LogP contribution is 2.25. The van der Waals surface area contributed by atoms with Gasteiger partial charge in [-0.05, 0) is 45.3 Å². The zero-order chi connectivity index (χ0) is 14.3. The molecule has 0 unspecified atom stereocenters. The number of halogens is 1. The maximum atomic E-state index is 10.0. The molecule has 5 heteroatoms. The molecule has 0 saturated heterocycles. The largest absolute Gasteiger partial charge is 0.464 e. The van der Waals surface area contributed by atoms with E-state index in [1.54, 1.807) is 33.7 Å². The topological polar surface area (TPSA) is 42.6 Å². The minimum Gasteiger partial charge on any atom is -0.464 e. The lowest BCUT2D eigenvalue weighted by molar-refractivity contribution is -0.0893. The van der Waals surface area contributed by atoms with Gasteiger partial charge in [-0.25, -0.2) is 0 Å². The Kier molecular flexibility index (Phi) is 3.69. The zero-order valence-electron chi connectivity index (χ0n) is 11.5. The van der Waals surface area contributed by atoms with E-state index in [0.717, 1.165) is 16.4 Å². The maximum absolute atomic E-state index is 10.0. The molecule has 101 valence electrons. The Hall–Kier alpha value is -0.965. The molecule has 2 aromatic rings.